The number of carbonyl (C=O) groups is 3. The van der Waals surface area contributed by atoms with Crippen LogP contribution in [0.15, 0.2) is 47.8 Å². The third-order valence-electron chi connectivity index (χ3n) is 7.15. The second kappa shape index (κ2) is 14.2. The van der Waals surface area contributed by atoms with Gasteiger partial charge in [-0.05, 0) is 55.2 Å². The standard InChI is InChI=1S/C31H39N5O4S/c1-5-7-10-15-32-28(37)19-35(20-29(38)34(4)36-17-24-11-8-9-12-25(24)18-36)27-14-13-23(16-22(27)3)30-33-26(21-41-30)31(39)40-6-2/h8-9,11-14,16,21H,5-7,10,15,17-20H2,1-4H3,(H,32,37). The number of hydrogen-bond donors (Lipinski definition) is 1. The van der Waals surface area contributed by atoms with Crippen LogP contribution in [0.4, 0.5) is 5.69 Å². The van der Waals surface area contributed by atoms with E-state index < -0.39 is 5.97 Å². The fraction of sp³-hybridized carbons (Fsp3) is 0.419. The highest BCUT2D eigenvalue weighted by Crippen LogP contribution is 2.30. The molecule has 2 aromatic carbocycles. The van der Waals surface area contributed by atoms with E-state index >= 15 is 0 Å². The van der Waals surface area contributed by atoms with E-state index in [2.05, 4.69) is 29.4 Å². The van der Waals surface area contributed by atoms with Gasteiger partial charge in [0.2, 0.25) is 5.91 Å². The van der Waals surface area contributed by atoms with Gasteiger partial charge in [-0.15, -0.1) is 11.3 Å². The van der Waals surface area contributed by atoms with E-state index in [9.17, 15) is 14.4 Å². The van der Waals surface area contributed by atoms with Gasteiger partial charge in [-0.1, -0.05) is 44.0 Å². The number of thiazole rings is 1. The molecule has 9 nitrogen and oxygen atoms in total. The van der Waals surface area contributed by atoms with Crippen molar-refractivity contribution < 1.29 is 19.1 Å². The number of ether oxygens (including phenoxy) is 1. The van der Waals surface area contributed by atoms with E-state index in [1.54, 1.807) is 24.4 Å². The van der Waals surface area contributed by atoms with Gasteiger partial charge < -0.3 is 15.0 Å². The first-order chi connectivity index (χ1) is 19.8. The number of anilines is 1. The molecule has 1 aliphatic heterocycles. The zero-order valence-corrected chi connectivity index (χ0v) is 25.1. The van der Waals surface area contributed by atoms with Gasteiger partial charge >= 0.3 is 5.97 Å². The number of likely N-dealkylation sites (N-methyl/N-ethyl adjacent to an activating group) is 1. The third kappa shape index (κ3) is 7.71. The van der Waals surface area contributed by atoms with Gasteiger partial charge in [0.15, 0.2) is 5.69 Å². The summed E-state index contributed by atoms with van der Waals surface area (Å²) in [6, 6.07) is 14.0. The SMILES string of the molecule is CCCCCNC(=O)CN(CC(=O)N(C)N1Cc2ccccc2C1)c1ccc(-c2nc(C(=O)OCC)cs2)cc1C. The van der Waals surface area contributed by atoms with Crippen molar-refractivity contribution in [2.45, 2.75) is 53.1 Å². The number of fused-ring (bicyclic) bond motifs is 1. The lowest BCUT2D eigenvalue weighted by molar-refractivity contribution is -0.145. The summed E-state index contributed by atoms with van der Waals surface area (Å²) in [5.74, 6) is -0.658. The van der Waals surface area contributed by atoms with E-state index in [0.717, 1.165) is 36.1 Å². The molecule has 0 saturated carbocycles. The van der Waals surface area contributed by atoms with Crippen molar-refractivity contribution >= 4 is 34.8 Å². The highest BCUT2D eigenvalue weighted by atomic mass is 32.1. The summed E-state index contributed by atoms with van der Waals surface area (Å²) in [6.07, 6.45) is 3.06. The fourth-order valence-corrected chi connectivity index (χ4v) is 5.64. The Morgan fingerprint density at radius 1 is 1.05 bits per heavy atom. The highest BCUT2D eigenvalue weighted by molar-refractivity contribution is 7.13. The summed E-state index contributed by atoms with van der Waals surface area (Å²) in [7, 11) is 1.79. The predicted octanol–water partition coefficient (Wildman–Crippen LogP) is 4.80. The van der Waals surface area contributed by atoms with Crippen molar-refractivity contribution in [3.8, 4) is 10.6 Å². The predicted molar refractivity (Wildman–Crippen MR) is 161 cm³/mol. The Balaban J connectivity index is 1.51. The lowest BCUT2D eigenvalue weighted by Crippen LogP contribution is -2.48. The average molecular weight is 578 g/mol. The Labute approximate surface area is 246 Å². The number of nitrogens with one attached hydrogen (secondary N) is 1. The van der Waals surface area contributed by atoms with Crippen molar-refractivity contribution in [3.05, 3.63) is 70.2 Å². The Kier molecular flexibility index (Phi) is 10.5. The first-order valence-electron chi connectivity index (χ1n) is 14.1. The molecule has 0 bridgehead atoms. The van der Waals surface area contributed by atoms with Crippen LogP contribution in [0, 0.1) is 6.92 Å². The minimum Gasteiger partial charge on any atom is -0.461 e. The molecule has 4 rings (SSSR count). The molecule has 0 spiro atoms. The lowest BCUT2D eigenvalue weighted by Gasteiger charge is -2.32. The summed E-state index contributed by atoms with van der Waals surface area (Å²) in [4.78, 5) is 44.8. The van der Waals surface area contributed by atoms with E-state index in [4.69, 9.17) is 4.74 Å². The molecule has 218 valence electrons. The summed E-state index contributed by atoms with van der Waals surface area (Å²) in [5, 5.41) is 9.08. The van der Waals surface area contributed by atoms with Crippen LogP contribution in [0.5, 0.6) is 0 Å². The molecule has 3 aromatic rings. The molecule has 0 aliphatic carbocycles. The van der Waals surface area contributed by atoms with Crippen LogP contribution in [0.2, 0.25) is 0 Å². The number of amides is 2. The van der Waals surface area contributed by atoms with Crippen LogP contribution >= 0.6 is 11.3 Å². The van der Waals surface area contributed by atoms with Crippen LogP contribution in [-0.4, -0.2) is 66.1 Å². The molecular weight excluding hydrogens is 538 g/mol. The van der Waals surface area contributed by atoms with Crippen LogP contribution in [0.3, 0.4) is 0 Å². The topological polar surface area (TPSA) is 95.1 Å². The molecule has 1 N–H and O–H groups in total. The molecule has 0 fully saturated rings. The lowest BCUT2D eigenvalue weighted by atomic mass is 10.1. The zero-order chi connectivity index (χ0) is 29.4. The van der Waals surface area contributed by atoms with Crippen LogP contribution < -0.4 is 10.2 Å². The second-order valence-electron chi connectivity index (χ2n) is 10.2. The number of carbonyl (C=O) groups excluding carboxylic acids is 3. The molecule has 1 aromatic heterocycles. The van der Waals surface area contributed by atoms with Crippen LogP contribution in [0.1, 0.15) is 60.3 Å². The minimum atomic E-state index is -0.441. The van der Waals surface area contributed by atoms with Gasteiger partial charge in [0, 0.05) is 43.3 Å². The molecule has 0 unspecified atom stereocenters. The number of unbranched alkanes of at least 4 members (excludes halogenated alkanes) is 2. The van der Waals surface area contributed by atoms with Gasteiger partial charge in [0.05, 0.1) is 19.7 Å². The largest absolute Gasteiger partial charge is 0.461 e. The minimum absolute atomic E-state index is 0.0518. The fourth-order valence-electron chi connectivity index (χ4n) is 4.86. The van der Waals surface area contributed by atoms with Crippen LogP contribution in [-0.2, 0) is 27.4 Å². The number of hydrazine groups is 1. The molecule has 2 heterocycles. The van der Waals surface area contributed by atoms with Crippen molar-refractivity contribution in [1.29, 1.82) is 0 Å². The Morgan fingerprint density at radius 2 is 1.78 bits per heavy atom. The average Bonchev–Trinajstić information content (AvgIpc) is 3.63. The maximum absolute atomic E-state index is 13.5. The number of hydrogen-bond acceptors (Lipinski definition) is 8. The number of aryl methyl sites for hydroxylation is 1. The molecule has 1 aliphatic rings. The Bertz CT molecular complexity index is 1350. The number of nitrogens with zero attached hydrogens (tertiary/aromatic N) is 4. The molecule has 41 heavy (non-hydrogen) atoms. The maximum Gasteiger partial charge on any atom is 0.357 e. The molecule has 10 heteroatoms. The van der Waals surface area contributed by atoms with Gasteiger partial charge in [-0.3, -0.25) is 14.6 Å². The molecular formula is C31H39N5O4S. The van der Waals surface area contributed by atoms with Gasteiger partial charge in [0.25, 0.3) is 5.91 Å². The first-order valence-corrected chi connectivity index (χ1v) is 15.0. The molecule has 2 amide bonds. The monoisotopic (exact) mass is 577 g/mol. The normalized spacial score (nSPS) is 12.6. The maximum atomic E-state index is 13.5. The van der Waals surface area contributed by atoms with Crippen molar-refractivity contribution in [1.82, 2.24) is 20.3 Å². The summed E-state index contributed by atoms with van der Waals surface area (Å²) in [5.41, 5.74) is 5.27. The number of benzene rings is 2. The van der Waals surface area contributed by atoms with Gasteiger partial charge in [-0.25, -0.2) is 14.8 Å². The number of esters is 1. The Morgan fingerprint density at radius 3 is 2.44 bits per heavy atom. The van der Waals surface area contributed by atoms with E-state index in [-0.39, 0.29) is 30.6 Å². The summed E-state index contributed by atoms with van der Waals surface area (Å²) >= 11 is 1.37. The van der Waals surface area contributed by atoms with E-state index in [1.165, 1.54) is 22.5 Å². The third-order valence-corrected chi connectivity index (χ3v) is 8.04. The van der Waals surface area contributed by atoms with E-state index in [0.29, 0.717) is 31.2 Å². The van der Waals surface area contributed by atoms with Crippen molar-refractivity contribution in [2.24, 2.45) is 0 Å². The van der Waals surface area contributed by atoms with Gasteiger partial charge in [-0.2, -0.15) is 0 Å². The highest BCUT2D eigenvalue weighted by Gasteiger charge is 2.27. The Hall–Kier alpha value is -3.76. The van der Waals surface area contributed by atoms with Crippen molar-refractivity contribution in [3.63, 3.8) is 0 Å². The molecule has 0 radical (unpaired) electrons. The molecule has 0 atom stereocenters. The van der Waals surface area contributed by atoms with Gasteiger partial charge in [0.1, 0.15) is 5.01 Å². The summed E-state index contributed by atoms with van der Waals surface area (Å²) in [6.45, 7) is 8.21. The molecule has 0 saturated heterocycles. The summed E-state index contributed by atoms with van der Waals surface area (Å²) < 4.78 is 5.06. The number of rotatable bonds is 13. The number of aromatic nitrogens is 1. The first kappa shape index (κ1) is 30.2. The van der Waals surface area contributed by atoms with Crippen LogP contribution in [0.25, 0.3) is 10.6 Å². The quantitative estimate of drug-likeness (QED) is 0.230. The van der Waals surface area contributed by atoms with Crippen molar-refractivity contribution in [2.75, 3.05) is 38.2 Å². The second-order valence-corrected chi connectivity index (χ2v) is 11.0. The van der Waals surface area contributed by atoms with E-state index in [1.807, 2.05) is 47.2 Å². The smallest absolute Gasteiger partial charge is 0.357 e. The zero-order valence-electron chi connectivity index (χ0n) is 24.3.